The van der Waals surface area contributed by atoms with E-state index in [0.29, 0.717) is 25.2 Å². The summed E-state index contributed by atoms with van der Waals surface area (Å²) in [6.45, 7) is 7.30. The Morgan fingerprint density at radius 2 is 1.92 bits per heavy atom. The van der Waals surface area contributed by atoms with Gasteiger partial charge in [-0.05, 0) is 26.3 Å². The highest BCUT2D eigenvalue weighted by Crippen LogP contribution is 2.29. The molecule has 0 aliphatic carbocycles. The number of nitrogens with one attached hydrogen (secondary N) is 2. The van der Waals surface area contributed by atoms with Crippen LogP contribution in [0.1, 0.15) is 25.0 Å². The molecule has 2 heterocycles. The molecule has 1 aromatic carbocycles. The van der Waals surface area contributed by atoms with E-state index in [2.05, 4.69) is 10.6 Å². The number of carbonyl (C=O) groups is 3. The molecular weight excluding hydrogens is 356 g/mol. The lowest BCUT2D eigenvalue weighted by Gasteiger charge is -2.32. The van der Waals surface area contributed by atoms with Crippen LogP contribution < -0.4 is 10.6 Å². The molecule has 7 nitrogen and oxygen atoms in total. The molecule has 142 valence electrons. The summed E-state index contributed by atoms with van der Waals surface area (Å²) in [5.74, 6) is -0.595. The third-order valence-electron chi connectivity index (χ3n) is 4.92. The first-order chi connectivity index (χ1) is 11.8. The Hall–Kier alpha value is -2.12. The SMILES string of the molecule is Cc1ccc(C2(C)NC(=O)N(CC(=O)N3CCNC(C)C3)C2=O)cc1.Cl. The molecule has 2 saturated heterocycles. The Balaban J connectivity index is 0.00000243. The molecule has 4 amide bonds. The molecule has 2 N–H and O–H groups in total. The van der Waals surface area contributed by atoms with E-state index in [9.17, 15) is 14.4 Å². The normalized spacial score (nSPS) is 25.7. The van der Waals surface area contributed by atoms with Crippen LogP contribution in [-0.4, -0.2) is 59.9 Å². The zero-order valence-corrected chi connectivity index (χ0v) is 16.1. The number of imide groups is 1. The van der Waals surface area contributed by atoms with Gasteiger partial charge in [-0.1, -0.05) is 29.8 Å². The van der Waals surface area contributed by atoms with E-state index in [1.807, 2.05) is 38.1 Å². The van der Waals surface area contributed by atoms with Gasteiger partial charge in [0, 0.05) is 25.7 Å². The van der Waals surface area contributed by atoms with Crippen molar-refractivity contribution in [3.05, 3.63) is 35.4 Å². The van der Waals surface area contributed by atoms with Gasteiger partial charge in [-0.3, -0.25) is 14.5 Å². The number of hydrogen-bond acceptors (Lipinski definition) is 4. The van der Waals surface area contributed by atoms with Crippen molar-refractivity contribution in [3.63, 3.8) is 0 Å². The second-order valence-electron chi connectivity index (χ2n) is 7.01. The first-order valence-corrected chi connectivity index (χ1v) is 8.53. The largest absolute Gasteiger partial charge is 0.338 e. The number of aryl methyl sites for hydroxylation is 1. The maximum absolute atomic E-state index is 12.9. The lowest BCUT2D eigenvalue weighted by molar-refractivity contribution is -0.139. The number of hydrogen-bond donors (Lipinski definition) is 2. The topological polar surface area (TPSA) is 81.8 Å². The summed E-state index contributed by atoms with van der Waals surface area (Å²) in [4.78, 5) is 40.4. The standard InChI is InChI=1S/C18H24N4O3.ClH/c1-12-4-6-14(7-5-12)18(3)16(24)22(17(25)20-18)11-15(23)21-9-8-19-13(2)10-21;/h4-7,13,19H,8-11H2,1-3H3,(H,20,25);1H. The number of rotatable bonds is 3. The maximum Gasteiger partial charge on any atom is 0.325 e. The Bertz CT molecular complexity index is 709. The average Bonchev–Trinajstić information content (AvgIpc) is 2.79. The van der Waals surface area contributed by atoms with Crippen LogP contribution in [0.3, 0.4) is 0 Å². The number of urea groups is 1. The van der Waals surface area contributed by atoms with E-state index < -0.39 is 17.5 Å². The summed E-state index contributed by atoms with van der Waals surface area (Å²) in [6.07, 6.45) is 0. The monoisotopic (exact) mass is 380 g/mol. The van der Waals surface area contributed by atoms with Crippen LogP contribution in [-0.2, 0) is 15.1 Å². The number of nitrogens with zero attached hydrogens (tertiary/aromatic N) is 2. The summed E-state index contributed by atoms with van der Waals surface area (Å²) >= 11 is 0. The second-order valence-corrected chi connectivity index (χ2v) is 7.01. The van der Waals surface area contributed by atoms with Gasteiger partial charge in [0.05, 0.1) is 0 Å². The number of benzene rings is 1. The summed E-state index contributed by atoms with van der Waals surface area (Å²) in [5, 5.41) is 6.00. The molecule has 3 rings (SSSR count). The number of halogens is 1. The van der Waals surface area contributed by atoms with Crippen molar-refractivity contribution in [1.82, 2.24) is 20.4 Å². The molecule has 26 heavy (non-hydrogen) atoms. The highest BCUT2D eigenvalue weighted by Gasteiger charge is 2.49. The van der Waals surface area contributed by atoms with Gasteiger partial charge in [0.15, 0.2) is 0 Å². The molecule has 2 unspecified atom stereocenters. The summed E-state index contributed by atoms with van der Waals surface area (Å²) in [6, 6.07) is 7.14. The predicted molar refractivity (Wildman–Crippen MR) is 100 cm³/mol. The molecule has 2 aliphatic rings. The van der Waals surface area contributed by atoms with Crippen LogP contribution in [0.2, 0.25) is 0 Å². The molecule has 1 aromatic rings. The average molecular weight is 381 g/mol. The molecule has 0 radical (unpaired) electrons. The van der Waals surface area contributed by atoms with Crippen LogP contribution in [0.5, 0.6) is 0 Å². The van der Waals surface area contributed by atoms with Gasteiger partial charge in [-0.25, -0.2) is 4.79 Å². The van der Waals surface area contributed by atoms with Crippen LogP contribution in [0, 0.1) is 6.92 Å². The molecule has 0 saturated carbocycles. The zero-order valence-electron chi connectivity index (χ0n) is 15.2. The van der Waals surface area contributed by atoms with Gasteiger partial charge < -0.3 is 15.5 Å². The van der Waals surface area contributed by atoms with Crippen LogP contribution in [0.15, 0.2) is 24.3 Å². The van der Waals surface area contributed by atoms with Crippen molar-refractivity contribution in [2.45, 2.75) is 32.4 Å². The van der Waals surface area contributed by atoms with Crippen molar-refractivity contribution in [2.24, 2.45) is 0 Å². The number of carbonyl (C=O) groups excluding carboxylic acids is 3. The lowest BCUT2D eigenvalue weighted by atomic mass is 9.91. The minimum absolute atomic E-state index is 0. The summed E-state index contributed by atoms with van der Waals surface area (Å²) in [5.41, 5.74) is 0.646. The Labute approximate surface area is 159 Å². The van der Waals surface area contributed by atoms with Gasteiger partial charge in [-0.15, -0.1) is 12.4 Å². The highest BCUT2D eigenvalue weighted by molar-refractivity contribution is 6.09. The van der Waals surface area contributed by atoms with Gasteiger partial charge in [-0.2, -0.15) is 0 Å². The van der Waals surface area contributed by atoms with E-state index >= 15 is 0 Å². The Morgan fingerprint density at radius 1 is 1.27 bits per heavy atom. The first-order valence-electron chi connectivity index (χ1n) is 8.53. The van der Waals surface area contributed by atoms with Gasteiger partial charge in [0.25, 0.3) is 5.91 Å². The van der Waals surface area contributed by atoms with Crippen molar-refractivity contribution in [3.8, 4) is 0 Å². The molecule has 2 fully saturated rings. The zero-order chi connectivity index (χ0) is 18.2. The minimum Gasteiger partial charge on any atom is -0.338 e. The fraction of sp³-hybridized carbons (Fsp3) is 0.500. The van der Waals surface area contributed by atoms with Gasteiger partial charge in [0.2, 0.25) is 5.91 Å². The van der Waals surface area contributed by atoms with Crippen molar-refractivity contribution in [2.75, 3.05) is 26.2 Å². The molecule has 0 bridgehead atoms. The summed E-state index contributed by atoms with van der Waals surface area (Å²) in [7, 11) is 0. The third-order valence-corrected chi connectivity index (χ3v) is 4.92. The predicted octanol–water partition coefficient (Wildman–Crippen LogP) is 1.00. The molecular formula is C18H25ClN4O3. The molecule has 0 aromatic heterocycles. The fourth-order valence-electron chi connectivity index (χ4n) is 3.32. The van der Waals surface area contributed by atoms with E-state index in [1.54, 1.807) is 11.8 Å². The van der Waals surface area contributed by atoms with Crippen LogP contribution in [0.25, 0.3) is 0 Å². The maximum atomic E-state index is 12.9. The number of amides is 4. The van der Waals surface area contributed by atoms with Crippen LogP contribution in [0.4, 0.5) is 4.79 Å². The quantitative estimate of drug-likeness (QED) is 0.767. The smallest absolute Gasteiger partial charge is 0.325 e. The fourth-order valence-corrected chi connectivity index (χ4v) is 3.32. The van der Waals surface area contributed by atoms with Crippen LogP contribution >= 0.6 is 12.4 Å². The van der Waals surface area contributed by atoms with Gasteiger partial charge >= 0.3 is 6.03 Å². The Kier molecular flexibility index (Phi) is 5.93. The molecule has 8 heteroatoms. The number of piperazine rings is 1. The van der Waals surface area contributed by atoms with E-state index in [-0.39, 0.29) is 30.9 Å². The van der Waals surface area contributed by atoms with E-state index in [4.69, 9.17) is 0 Å². The second kappa shape index (κ2) is 7.63. The van der Waals surface area contributed by atoms with Gasteiger partial charge in [0.1, 0.15) is 12.1 Å². The van der Waals surface area contributed by atoms with Crippen molar-refractivity contribution < 1.29 is 14.4 Å². The lowest BCUT2D eigenvalue weighted by Crippen LogP contribution is -2.54. The summed E-state index contributed by atoms with van der Waals surface area (Å²) < 4.78 is 0. The van der Waals surface area contributed by atoms with E-state index in [1.165, 1.54) is 0 Å². The van der Waals surface area contributed by atoms with Crippen molar-refractivity contribution >= 4 is 30.3 Å². The molecule has 2 atom stereocenters. The minimum atomic E-state index is -1.14. The van der Waals surface area contributed by atoms with E-state index in [0.717, 1.165) is 10.5 Å². The highest BCUT2D eigenvalue weighted by atomic mass is 35.5. The molecule has 2 aliphatic heterocycles. The Morgan fingerprint density at radius 3 is 2.54 bits per heavy atom. The van der Waals surface area contributed by atoms with Crippen molar-refractivity contribution in [1.29, 1.82) is 0 Å². The third kappa shape index (κ3) is 3.68. The first kappa shape index (κ1) is 20.2. The molecule has 0 spiro atoms.